The van der Waals surface area contributed by atoms with Gasteiger partial charge in [0.2, 0.25) is 0 Å². The van der Waals surface area contributed by atoms with Gasteiger partial charge in [-0.05, 0) is 24.7 Å². The first-order valence-electron chi connectivity index (χ1n) is 6.12. The molecule has 1 aliphatic heterocycles. The van der Waals surface area contributed by atoms with Gasteiger partial charge < -0.3 is 14.9 Å². The highest BCUT2D eigenvalue weighted by molar-refractivity contribution is 6.31. The number of nitrogens with zero attached hydrogens (tertiary/aromatic N) is 2. The highest BCUT2D eigenvalue weighted by Crippen LogP contribution is 2.25. The summed E-state index contributed by atoms with van der Waals surface area (Å²) in [5.41, 5.74) is 1.05. The predicted molar refractivity (Wildman–Crippen MR) is 72.7 cm³/mol. The number of halogens is 1. The predicted octanol–water partition coefficient (Wildman–Crippen LogP) is 2.18. The standard InChI is InChI=1S/C13H17ClN2O2/c1-2-15-5-7-16(8-6-15)12-4-3-10(14)9-11(12)13(17)18/h3-4,9H,2,5-8H2,1H3,(H,17,18). The average molecular weight is 269 g/mol. The van der Waals surface area contributed by atoms with Gasteiger partial charge in [0.05, 0.1) is 11.3 Å². The number of aromatic carboxylic acids is 1. The lowest BCUT2D eigenvalue weighted by atomic mass is 10.1. The van der Waals surface area contributed by atoms with Gasteiger partial charge in [-0.2, -0.15) is 0 Å². The third kappa shape index (κ3) is 2.76. The van der Waals surface area contributed by atoms with Gasteiger partial charge in [0.15, 0.2) is 0 Å². The van der Waals surface area contributed by atoms with Crippen LogP contribution >= 0.6 is 11.6 Å². The minimum atomic E-state index is -0.926. The molecule has 1 aromatic carbocycles. The molecule has 2 rings (SSSR count). The first-order valence-corrected chi connectivity index (χ1v) is 6.49. The highest BCUT2D eigenvalue weighted by Gasteiger charge is 2.20. The van der Waals surface area contributed by atoms with Gasteiger partial charge in [-0.25, -0.2) is 4.79 Å². The summed E-state index contributed by atoms with van der Waals surface area (Å²) >= 11 is 5.86. The molecule has 1 fully saturated rings. The van der Waals surface area contributed by atoms with E-state index in [1.165, 1.54) is 6.07 Å². The molecule has 0 unspecified atom stereocenters. The van der Waals surface area contributed by atoms with Crippen LogP contribution in [0.25, 0.3) is 0 Å². The zero-order chi connectivity index (χ0) is 13.1. The van der Waals surface area contributed by atoms with Crippen molar-refractivity contribution in [3.63, 3.8) is 0 Å². The van der Waals surface area contributed by atoms with E-state index in [2.05, 4.69) is 16.7 Å². The van der Waals surface area contributed by atoms with E-state index in [9.17, 15) is 9.90 Å². The lowest BCUT2D eigenvalue weighted by Crippen LogP contribution is -2.46. The summed E-state index contributed by atoms with van der Waals surface area (Å²) in [7, 11) is 0. The Morgan fingerprint density at radius 3 is 2.56 bits per heavy atom. The fraction of sp³-hybridized carbons (Fsp3) is 0.462. The van der Waals surface area contributed by atoms with Crippen LogP contribution in [0.1, 0.15) is 17.3 Å². The first kappa shape index (κ1) is 13.2. The maximum atomic E-state index is 11.2. The summed E-state index contributed by atoms with van der Waals surface area (Å²) in [6.45, 7) is 6.84. The largest absolute Gasteiger partial charge is 0.478 e. The number of hydrogen-bond acceptors (Lipinski definition) is 3. The fourth-order valence-corrected chi connectivity index (χ4v) is 2.43. The maximum absolute atomic E-state index is 11.2. The van der Waals surface area contributed by atoms with Crippen molar-refractivity contribution in [2.45, 2.75) is 6.92 Å². The number of anilines is 1. The molecule has 0 aromatic heterocycles. The quantitative estimate of drug-likeness (QED) is 0.913. The molecule has 0 saturated carbocycles. The zero-order valence-electron chi connectivity index (χ0n) is 10.4. The van der Waals surface area contributed by atoms with Crippen molar-refractivity contribution in [3.8, 4) is 0 Å². The van der Waals surface area contributed by atoms with Gasteiger partial charge in [0.25, 0.3) is 0 Å². The molecule has 1 saturated heterocycles. The number of rotatable bonds is 3. The number of carbonyl (C=O) groups is 1. The molecular weight excluding hydrogens is 252 g/mol. The fourth-order valence-electron chi connectivity index (χ4n) is 2.26. The molecule has 1 aliphatic rings. The van der Waals surface area contributed by atoms with Crippen molar-refractivity contribution < 1.29 is 9.90 Å². The number of carboxylic acid groups (broad SMARTS) is 1. The van der Waals surface area contributed by atoms with Gasteiger partial charge in [-0.1, -0.05) is 18.5 Å². The molecule has 1 aromatic rings. The van der Waals surface area contributed by atoms with Crippen LogP contribution in [0.2, 0.25) is 5.02 Å². The van der Waals surface area contributed by atoms with Crippen LogP contribution in [0.15, 0.2) is 18.2 Å². The Kier molecular flexibility index (Phi) is 4.09. The smallest absolute Gasteiger partial charge is 0.337 e. The van der Waals surface area contributed by atoms with Crippen LogP contribution in [-0.2, 0) is 0 Å². The number of benzene rings is 1. The second kappa shape index (κ2) is 5.59. The molecule has 0 aliphatic carbocycles. The van der Waals surface area contributed by atoms with Gasteiger partial charge in [0.1, 0.15) is 0 Å². The van der Waals surface area contributed by atoms with Crippen LogP contribution < -0.4 is 4.90 Å². The lowest BCUT2D eigenvalue weighted by molar-refractivity contribution is 0.0697. The van der Waals surface area contributed by atoms with E-state index in [0.717, 1.165) is 38.4 Å². The van der Waals surface area contributed by atoms with Crippen LogP contribution in [-0.4, -0.2) is 48.7 Å². The van der Waals surface area contributed by atoms with Gasteiger partial charge in [-0.15, -0.1) is 0 Å². The summed E-state index contributed by atoms with van der Waals surface area (Å²) in [6, 6.07) is 5.06. The molecule has 0 amide bonds. The Labute approximate surface area is 112 Å². The van der Waals surface area contributed by atoms with Crippen LogP contribution in [0.4, 0.5) is 5.69 Å². The van der Waals surface area contributed by atoms with Crippen molar-refractivity contribution in [3.05, 3.63) is 28.8 Å². The van der Waals surface area contributed by atoms with Gasteiger partial charge >= 0.3 is 5.97 Å². The van der Waals surface area contributed by atoms with Crippen LogP contribution in [0.3, 0.4) is 0 Å². The summed E-state index contributed by atoms with van der Waals surface area (Å²) in [6.07, 6.45) is 0. The Balaban J connectivity index is 2.21. The lowest BCUT2D eigenvalue weighted by Gasteiger charge is -2.36. The van der Waals surface area contributed by atoms with E-state index < -0.39 is 5.97 Å². The first-order chi connectivity index (χ1) is 8.61. The van der Waals surface area contributed by atoms with E-state index in [1.807, 2.05) is 0 Å². The number of piperazine rings is 1. The van der Waals surface area contributed by atoms with Gasteiger partial charge in [0, 0.05) is 31.2 Å². The number of likely N-dealkylation sites (N-methyl/N-ethyl adjacent to an activating group) is 1. The molecule has 0 atom stereocenters. The normalized spacial score (nSPS) is 16.9. The summed E-state index contributed by atoms with van der Waals surface area (Å²) in [4.78, 5) is 15.7. The van der Waals surface area contributed by atoms with Crippen molar-refractivity contribution in [1.82, 2.24) is 4.90 Å². The molecule has 18 heavy (non-hydrogen) atoms. The van der Waals surface area contributed by atoms with Crippen LogP contribution in [0, 0.1) is 0 Å². The monoisotopic (exact) mass is 268 g/mol. The third-order valence-corrected chi connectivity index (χ3v) is 3.58. The molecule has 98 valence electrons. The van der Waals surface area contributed by atoms with E-state index in [4.69, 9.17) is 11.6 Å². The van der Waals surface area contributed by atoms with E-state index in [0.29, 0.717) is 5.02 Å². The second-order valence-electron chi connectivity index (χ2n) is 4.39. The van der Waals surface area contributed by atoms with Crippen molar-refractivity contribution in [2.24, 2.45) is 0 Å². The van der Waals surface area contributed by atoms with Crippen molar-refractivity contribution in [2.75, 3.05) is 37.6 Å². The Morgan fingerprint density at radius 2 is 2.00 bits per heavy atom. The second-order valence-corrected chi connectivity index (χ2v) is 4.82. The molecule has 0 spiro atoms. The topological polar surface area (TPSA) is 43.8 Å². The Morgan fingerprint density at radius 1 is 1.33 bits per heavy atom. The molecule has 5 heteroatoms. The minimum absolute atomic E-state index is 0.285. The molecule has 1 heterocycles. The molecule has 4 nitrogen and oxygen atoms in total. The SMILES string of the molecule is CCN1CCN(c2ccc(Cl)cc2C(=O)O)CC1. The number of carboxylic acids is 1. The Hall–Kier alpha value is -1.26. The van der Waals surface area contributed by atoms with E-state index in [1.54, 1.807) is 12.1 Å². The van der Waals surface area contributed by atoms with Crippen molar-refractivity contribution >= 4 is 23.3 Å². The summed E-state index contributed by atoms with van der Waals surface area (Å²) in [5.74, 6) is -0.926. The number of hydrogen-bond donors (Lipinski definition) is 1. The zero-order valence-corrected chi connectivity index (χ0v) is 11.2. The summed E-state index contributed by atoms with van der Waals surface area (Å²) < 4.78 is 0. The highest BCUT2D eigenvalue weighted by atomic mass is 35.5. The summed E-state index contributed by atoms with van der Waals surface area (Å²) in [5, 5.41) is 9.68. The van der Waals surface area contributed by atoms with E-state index >= 15 is 0 Å². The molecule has 0 bridgehead atoms. The van der Waals surface area contributed by atoms with Crippen molar-refractivity contribution in [1.29, 1.82) is 0 Å². The average Bonchev–Trinajstić information content (AvgIpc) is 2.39. The van der Waals surface area contributed by atoms with Crippen LogP contribution in [0.5, 0.6) is 0 Å². The van der Waals surface area contributed by atoms with Gasteiger partial charge in [-0.3, -0.25) is 0 Å². The molecular formula is C13H17ClN2O2. The minimum Gasteiger partial charge on any atom is -0.478 e. The maximum Gasteiger partial charge on any atom is 0.337 e. The molecule has 1 N–H and O–H groups in total. The third-order valence-electron chi connectivity index (χ3n) is 3.35. The Bertz CT molecular complexity index is 443. The van der Waals surface area contributed by atoms with E-state index in [-0.39, 0.29) is 5.56 Å². The molecule has 0 radical (unpaired) electrons.